The van der Waals surface area contributed by atoms with Crippen LogP contribution in [0.3, 0.4) is 0 Å². The Morgan fingerprint density at radius 3 is 2.58 bits per heavy atom. The van der Waals surface area contributed by atoms with Crippen LogP contribution in [0.15, 0.2) is 51.4 Å². The van der Waals surface area contributed by atoms with Crippen molar-refractivity contribution in [2.75, 3.05) is 0 Å². The lowest BCUT2D eigenvalue weighted by atomic mass is 10.2. The van der Waals surface area contributed by atoms with Gasteiger partial charge in [0.15, 0.2) is 5.82 Å². The third kappa shape index (κ3) is 1.45. The number of aliphatic imine (C=N–C) groups is 1. The molecule has 0 atom stereocenters. The van der Waals surface area contributed by atoms with Crippen molar-refractivity contribution < 1.29 is 0 Å². The second-order valence-corrected chi connectivity index (χ2v) is 2.37. The van der Waals surface area contributed by atoms with Crippen molar-refractivity contribution in [3.8, 4) is 0 Å². The fourth-order valence-corrected chi connectivity index (χ4v) is 0.960. The standard InChI is InChI=1S/C9H7N3/c1-2-4-8(5-3-1)6-9-10-7-11-12-9/h1-7H. The molecule has 0 bridgehead atoms. The highest BCUT2D eigenvalue weighted by Crippen LogP contribution is 2.11. The first kappa shape index (κ1) is 6.91. The fraction of sp³-hybridized carbons (Fsp3) is 0. The normalized spacial score (nSPS) is 17.5. The van der Waals surface area contributed by atoms with Gasteiger partial charge in [-0.1, -0.05) is 30.3 Å². The fourth-order valence-electron chi connectivity index (χ4n) is 0.960. The molecular weight excluding hydrogens is 150 g/mol. The minimum Gasteiger partial charge on any atom is -0.213 e. The summed E-state index contributed by atoms with van der Waals surface area (Å²) < 4.78 is 0. The molecule has 1 aromatic rings. The zero-order chi connectivity index (χ0) is 8.23. The highest BCUT2D eigenvalue weighted by Gasteiger charge is 1.95. The first-order chi connectivity index (χ1) is 5.95. The van der Waals surface area contributed by atoms with E-state index in [1.54, 1.807) is 0 Å². The Bertz CT molecular complexity index is 335. The summed E-state index contributed by atoms with van der Waals surface area (Å²) in [5, 5.41) is 7.42. The van der Waals surface area contributed by atoms with Gasteiger partial charge in [0, 0.05) is 0 Å². The van der Waals surface area contributed by atoms with Crippen molar-refractivity contribution in [2.45, 2.75) is 0 Å². The smallest absolute Gasteiger partial charge is 0.176 e. The summed E-state index contributed by atoms with van der Waals surface area (Å²) in [7, 11) is 0. The first-order valence-corrected chi connectivity index (χ1v) is 3.65. The maximum Gasteiger partial charge on any atom is 0.176 e. The molecule has 0 aromatic heterocycles. The first-order valence-electron chi connectivity index (χ1n) is 3.65. The van der Waals surface area contributed by atoms with E-state index in [2.05, 4.69) is 15.2 Å². The lowest BCUT2D eigenvalue weighted by molar-refractivity contribution is 1.22. The molecule has 0 aliphatic carbocycles. The van der Waals surface area contributed by atoms with Crippen molar-refractivity contribution in [1.29, 1.82) is 0 Å². The predicted molar refractivity (Wildman–Crippen MR) is 47.8 cm³/mol. The Morgan fingerprint density at radius 2 is 1.92 bits per heavy atom. The van der Waals surface area contributed by atoms with Gasteiger partial charge in [-0.2, -0.15) is 0 Å². The molecule has 0 saturated carbocycles. The topological polar surface area (TPSA) is 37.1 Å². The zero-order valence-corrected chi connectivity index (χ0v) is 6.38. The average Bonchev–Trinajstić information content (AvgIpc) is 2.59. The Hall–Kier alpha value is -1.77. The molecule has 12 heavy (non-hydrogen) atoms. The van der Waals surface area contributed by atoms with Gasteiger partial charge in [-0.15, -0.1) is 10.2 Å². The van der Waals surface area contributed by atoms with E-state index in [9.17, 15) is 0 Å². The van der Waals surface area contributed by atoms with Crippen molar-refractivity contribution in [1.82, 2.24) is 0 Å². The molecule has 1 aliphatic heterocycles. The van der Waals surface area contributed by atoms with Gasteiger partial charge >= 0.3 is 0 Å². The van der Waals surface area contributed by atoms with E-state index in [4.69, 9.17) is 0 Å². The number of nitrogens with zero attached hydrogens (tertiary/aromatic N) is 3. The zero-order valence-electron chi connectivity index (χ0n) is 6.38. The van der Waals surface area contributed by atoms with Crippen molar-refractivity contribution in [3.63, 3.8) is 0 Å². The van der Waals surface area contributed by atoms with Crippen LogP contribution in [-0.4, -0.2) is 6.34 Å². The lowest BCUT2D eigenvalue weighted by Crippen LogP contribution is -1.71. The number of rotatable bonds is 1. The van der Waals surface area contributed by atoms with E-state index in [-0.39, 0.29) is 0 Å². The lowest BCUT2D eigenvalue weighted by Gasteiger charge is -1.90. The van der Waals surface area contributed by atoms with Gasteiger partial charge in [-0.05, 0) is 11.6 Å². The summed E-state index contributed by atoms with van der Waals surface area (Å²) in [4.78, 5) is 3.93. The molecule has 0 N–H and O–H groups in total. The van der Waals surface area contributed by atoms with Gasteiger partial charge in [0.2, 0.25) is 0 Å². The Kier molecular flexibility index (Phi) is 1.78. The van der Waals surface area contributed by atoms with Gasteiger partial charge in [0.25, 0.3) is 0 Å². The summed E-state index contributed by atoms with van der Waals surface area (Å²) in [6.45, 7) is 0. The summed E-state index contributed by atoms with van der Waals surface area (Å²) in [5.74, 6) is 0.654. The molecule has 0 saturated heterocycles. The van der Waals surface area contributed by atoms with E-state index < -0.39 is 0 Å². The van der Waals surface area contributed by atoms with Crippen molar-refractivity contribution >= 4 is 12.4 Å². The molecule has 2 rings (SSSR count). The molecule has 0 spiro atoms. The Balaban J connectivity index is 2.29. The van der Waals surface area contributed by atoms with Crippen molar-refractivity contribution in [2.24, 2.45) is 15.2 Å². The molecule has 1 heterocycles. The van der Waals surface area contributed by atoms with Crippen LogP contribution in [-0.2, 0) is 0 Å². The molecule has 1 aromatic carbocycles. The van der Waals surface area contributed by atoms with Crippen LogP contribution in [0.4, 0.5) is 0 Å². The van der Waals surface area contributed by atoms with E-state index in [0.717, 1.165) is 5.56 Å². The van der Waals surface area contributed by atoms with Gasteiger partial charge in [0.05, 0.1) is 0 Å². The Labute approximate surface area is 70.2 Å². The summed E-state index contributed by atoms with van der Waals surface area (Å²) in [5.41, 5.74) is 1.09. The molecule has 0 unspecified atom stereocenters. The number of benzene rings is 1. The van der Waals surface area contributed by atoms with Crippen LogP contribution in [0.2, 0.25) is 0 Å². The SMILES string of the molecule is C1=NC(=Cc2ccccc2)N=N1. The molecule has 58 valence electrons. The Morgan fingerprint density at radius 1 is 1.08 bits per heavy atom. The molecule has 3 nitrogen and oxygen atoms in total. The minimum absolute atomic E-state index is 0.654. The monoisotopic (exact) mass is 157 g/mol. The molecule has 3 heteroatoms. The minimum atomic E-state index is 0.654. The number of hydrogen-bond acceptors (Lipinski definition) is 3. The van der Waals surface area contributed by atoms with Gasteiger partial charge in [0.1, 0.15) is 6.34 Å². The van der Waals surface area contributed by atoms with E-state index >= 15 is 0 Å². The summed E-state index contributed by atoms with van der Waals surface area (Å²) in [6, 6.07) is 9.92. The average molecular weight is 157 g/mol. The summed E-state index contributed by atoms with van der Waals surface area (Å²) in [6.07, 6.45) is 3.32. The molecule has 0 radical (unpaired) electrons. The molecule has 0 amide bonds. The largest absolute Gasteiger partial charge is 0.213 e. The molecule has 1 aliphatic rings. The van der Waals surface area contributed by atoms with Gasteiger partial charge < -0.3 is 0 Å². The highest BCUT2D eigenvalue weighted by atomic mass is 15.2. The van der Waals surface area contributed by atoms with Crippen LogP contribution in [0.5, 0.6) is 0 Å². The van der Waals surface area contributed by atoms with Gasteiger partial charge in [-0.25, -0.2) is 4.99 Å². The second-order valence-electron chi connectivity index (χ2n) is 2.37. The molecule has 0 fully saturated rings. The quantitative estimate of drug-likeness (QED) is 0.600. The third-order valence-corrected chi connectivity index (χ3v) is 1.50. The highest BCUT2D eigenvalue weighted by molar-refractivity contribution is 5.63. The predicted octanol–water partition coefficient (Wildman–Crippen LogP) is 2.48. The van der Waals surface area contributed by atoms with Crippen LogP contribution < -0.4 is 0 Å². The van der Waals surface area contributed by atoms with Crippen LogP contribution in [0.25, 0.3) is 6.08 Å². The second kappa shape index (κ2) is 3.09. The van der Waals surface area contributed by atoms with E-state index in [1.165, 1.54) is 6.34 Å². The maximum absolute atomic E-state index is 3.93. The number of hydrogen-bond donors (Lipinski definition) is 0. The van der Waals surface area contributed by atoms with Crippen LogP contribution in [0.1, 0.15) is 5.56 Å². The van der Waals surface area contributed by atoms with Crippen LogP contribution in [0, 0.1) is 0 Å². The third-order valence-electron chi connectivity index (χ3n) is 1.50. The van der Waals surface area contributed by atoms with Gasteiger partial charge in [-0.3, -0.25) is 0 Å². The molecular formula is C9H7N3. The van der Waals surface area contributed by atoms with Crippen LogP contribution >= 0.6 is 0 Å². The van der Waals surface area contributed by atoms with E-state index in [0.29, 0.717) is 5.82 Å². The maximum atomic E-state index is 3.93. The number of azo groups is 1. The van der Waals surface area contributed by atoms with E-state index in [1.807, 2.05) is 36.4 Å². The van der Waals surface area contributed by atoms with Crippen molar-refractivity contribution in [3.05, 3.63) is 41.7 Å². The summed E-state index contributed by atoms with van der Waals surface area (Å²) >= 11 is 0.